The summed E-state index contributed by atoms with van der Waals surface area (Å²) in [5, 5.41) is 4.84. The zero-order valence-electron chi connectivity index (χ0n) is 11.1. The lowest BCUT2D eigenvalue weighted by molar-refractivity contribution is 0.0990. The van der Waals surface area contributed by atoms with Crippen LogP contribution in [0.15, 0.2) is 27.1 Å². The van der Waals surface area contributed by atoms with Crippen LogP contribution in [0.25, 0.3) is 0 Å². The summed E-state index contributed by atoms with van der Waals surface area (Å²) in [7, 11) is 0. The Balaban J connectivity index is 2.35. The van der Waals surface area contributed by atoms with Crippen LogP contribution in [0.1, 0.15) is 28.7 Å². The van der Waals surface area contributed by atoms with Crippen LogP contribution in [-0.2, 0) is 13.0 Å². The first-order valence-electron chi connectivity index (χ1n) is 6.14. The predicted molar refractivity (Wildman–Crippen MR) is 87.5 cm³/mol. The fourth-order valence-corrected chi connectivity index (χ4v) is 3.03. The van der Waals surface area contributed by atoms with Gasteiger partial charge in [-0.25, -0.2) is 0 Å². The van der Waals surface area contributed by atoms with E-state index in [-0.39, 0.29) is 12.2 Å². The molecule has 0 aliphatic heterocycles. The Morgan fingerprint density at radius 2 is 2.10 bits per heavy atom. The van der Waals surface area contributed by atoms with Gasteiger partial charge in [-0.3, -0.25) is 9.48 Å². The number of Topliss-reactive ketones (excluding diaryl/α,β-unsaturated/α-hetero) is 1. The van der Waals surface area contributed by atoms with E-state index in [2.05, 4.69) is 37.0 Å². The van der Waals surface area contributed by atoms with Crippen LogP contribution in [0.3, 0.4) is 0 Å². The highest BCUT2D eigenvalue weighted by Gasteiger charge is 2.19. The maximum Gasteiger partial charge on any atom is 0.170 e. The molecule has 1 heterocycles. The quantitative estimate of drug-likeness (QED) is 0.665. The zero-order valence-corrected chi connectivity index (χ0v) is 15.0. The minimum absolute atomic E-state index is 0.0217. The fourth-order valence-electron chi connectivity index (χ4n) is 2.00. The van der Waals surface area contributed by atoms with Crippen LogP contribution in [0.4, 0.5) is 0 Å². The molecule has 2 aromatic rings. The fraction of sp³-hybridized carbons (Fsp3) is 0.286. The van der Waals surface area contributed by atoms with Gasteiger partial charge in [-0.05, 0) is 57.8 Å². The third kappa shape index (κ3) is 3.00. The molecule has 106 valence electrons. The topological polar surface area (TPSA) is 34.9 Å². The lowest BCUT2D eigenvalue weighted by atomic mass is 10.1. The molecule has 0 atom stereocenters. The van der Waals surface area contributed by atoms with E-state index in [1.165, 1.54) is 0 Å². The van der Waals surface area contributed by atoms with Crippen molar-refractivity contribution < 1.29 is 4.79 Å². The molecule has 0 radical (unpaired) electrons. The standard InChI is InChI=1S/C14H13Br2ClN2O/c1-3-19-11(13(16)8(2)18-19)7-12(20)9-5-4-6-10(15)14(9)17/h4-6H,3,7H2,1-2H3. The summed E-state index contributed by atoms with van der Waals surface area (Å²) in [6, 6.07) is 5.36. The first-order chi connectivity index (χ1) is 9.45. The van der Waals surface area contributed by atoms with E-state index in [9.17, 15) is 4.79 Å². The number of ketones is 1. The molecular formula is C14H13Br2ClN2O. The molecule has 20 heavy (non-hydrogen) atoms. The molecule has 3 nitrogen and oxygen atoms in total. The van der Waals surface area contributed by atoms with Gasteiger partial charge in [-0.2, -0.15) is 5.10 Å². The van der Waals surface area contributed by atoms with Gasteiger partial charge < -0.3 is 0 Å². The van der Waals surface area contributed by atoms with Crippen LogP contribution < -0.4 is 0 Å². The van der Waals surface area contributed by atoms with E-state index < -0.39 is 0 Å². The Bertz CT molecular complexity index is 667. The molecule has 0 aliphatic rings. The third-order valence-corrected chi connectivity index (χ3v) is 5.36. The Labute approximate surface area is 139 Å². The second-order valence-electron chi connectivity index (χ2n) is 4.36. The van der Waals surface area contributed by atoms with Crippen LogP contribution in [0.2, 0.25) is 5.02 Å². The van der Waals surface area contributed by atoms with Crippen molar-refractivity contribution in [3.05, 3.63) is 49.1 Å². The monoisotopic (exact) mass is 418 g/mol. The van der Waals surface area contributed by atoms with Gasteiger partial charge in [0.2, 0.25) is 0 Å². The number of nitrogens with zero attached hydrogens (tertiary/aromatic N) is 2. The van der Waals surface area contributed by atoms with Crippen molar-refractivity contribution in [2.75, 3.05) is 0 Å². The molecular weight excluding hydrogens is 407 g/mol. The maximum absolute atomic E-state index is 12.4. The number of aryl methyl sites for hydroxylation is 2. The summed E-state index contributed by atoms with van der Waals surface area (Å²) in [5.74, 6) is -0.0217. The van der Waals surface area contributed by atoms with Gasteiger partial charge in [-0.15, -0.1) is 0 Å². The number of rotatable bonds is 4. The Kier molecular flexibility index (Phi) is 5.04. The molecule has 0 spiro atoms. The lowest BCUT2D eigenvalue weighted by Gasteiger charge is -2.07. The minimum Gasteiger partial charge on any atom is -0.294 e. The Hall–Kier alpha value is -0.650. The molecule has 1 aromatic carbocycles. The van der Waals surface area contributed by atoms with Crippen molar-refractivity contribution in [3.8, 4) is 0 Å². The average molecular weight is 421 g/mol. The van der Waals surface area contributed by atoms with Gasteiger partial charge in [0, 0.05) is 16.6 Å². The largest absolute Gasteiger partial charge is 0.294 e. The molecule has 0 amide bonds. The highest BCUT2D eigenvalue weighted by Crippen LogP contribution is 2.28. The van der Waals surface area contributed by atoms with Gasteiger partial charge in [0.1, 0.15) is 0 Å². The van der Waals surface area contributed by atoms with Crippen LogP contribution in [0, 0.1) is 6.92 Å². The van der Waals surface area contributed by atoms with E-state index >= 15 is 0 Å². The number of aromatic nitrogens is 2. The molecule has 0 saturated carbocycles. The molecule has 0 bridgehead atoms. The van der Waals surface area contributed by atoms with E-state index in [0.29, 0.717) is 10.6 Å². The number of benzene rings is 1. The predicted octanol–water partition coefficient (Wildman–Crippen LogP) is 4.82. The number of halogens is 3. The summed E-state index contributed by atoms with van der Waals surface area (Å²) in [6.45, 7) is 4.64. The van der Waals surface area contributed by atoms with Crippen molar-refractivity contribution in [2.45, 2.75) is 26.8 Å². The summed E-state index contributed by atoms with van der Waals surface area (Å²) >= 11 is 13.0. The molecule has 0 aliphatic carbocycles. The Morgan fingerprint density at radius 3 is 2.75 bits per heavy atom. The summed E-state index contributed by atoms with van der Waals surface area (Å²) in [6.07, 6.45) is 0.269. The summed E-state index contributed by atoms with van der Waals surface area (Å²) < 4.78 is 3.45. The number of carbonyl (C=O) groups is 1. The third-order valence-electron chi connectivity index (χ3n) is 3.03. The number of hydrogen-bond acceptors (Lipinski definition) is 2. The van der Waals surface area contributed by atoms with E-state index in [4.69, 9.17) is 11.6 Å². The van der Waals surface area contributed by atoms with Crippen LogP contribution in [0.5, 0.6) is 0 Å². The SMILES string of the molecule is CCn1nc(C)c(Br)c1CC(=O)c1cccc(Br)c1Cl. The van der Waals surface area contributed by atoms with Gasteiger partial charge >= 0.3 is 0 Å². The second-order valence-corrected chi connectivity index (χ2v) is 6.39. The van der Waals surface area contributed by atoms with Crippen molar-refractivity contribution in [1.82, 2.24) is 9.78 Å². The second kappa shape index (κ2) is 6.41. The molecule has 0 N–H and O–H groups in total. The van der Waals surface area contributed by atoms with E-state index in [1.807, 2.05) is 24.6 Å². The molecule has 6 heteroatoms. The number of hydrogen-bond donors (Lipinski definition) is 0. The molecule has 0 fully saturated rings. The van der Waals surface area contributed by atoms with Gasteiger partial charge in [0.05, 0.1) is 27.3 Å². The molecule has 0 saturated heterocycles. The van der Waals surface area contributed by atoms with Gasteiger partial charge in [0.15, 0.2) is 5.78 Å². The van der Waals surface area contributed by atoms with Gasteiger partial charge in [0.25, 0.3) is 0 Å². The smallest absolute Gasteiger partial charge is 0.170 e. The highest BCUT2D eigenvalue weighted by molar-refractivity contribution is 9.10. The molecule has 0 unspecified atom stereocenters. The van der Waals surface area contributed by atoms with Crippen LogP contribution in [-0.4, -0.2) is 15.6 Å². The van der Waals surface area contributed by atoms with Crippen molar-refractivity contribution >= 4 is 49.2 Å². The van der Waals surface area contributed by atoms with Crippen molar-refractivity contribution in [1.29, 1.82) is 0 Å². The highest BCUT2D eigenvalue weighted by atomic mass is 79.9. The normalized spacial score (nSPS) is 10.8. The molecule has 2 rings (SSSR count). The number of carbonyl (C=O) groups excluding carboxylic acids is 1. The first-order valence-corrected chi connectivity index (χ1v) is 8.11. The van der Waals surface area contributed by atoms with E-state index in [1.54, 1.807) is 12.1 Å². The van der Waals surface area contributed by atoms with Crippen LogP contribution >= 0.6 is 43.5 Å². The molecule has 1 aromatic heterocycles. The zero-order chi connectivity index (χ0) is 14.9. The lowest BCUT2D eigenvalue weighted by Crippen LogP contribution is -2.10. The van der Waals surface area contributed by atoms with Crippen molar-refractivity contribution in [2.24, 2.45) is 0 Å². The van der Waals surface area contributed by atoms with Gasteiger partial charge in [-0.1, -0.05) is 17.7 Å². The van der Waals surface area contributed by atoms with Crippen molar-refractivity contribution in [3.63, 3.8) is 0 Å². The first kappa shape index (κ1) is 15.7. The minimum atomic E-state index is -0.0217. The summed E-state index contributed by atoms with van der Waals surface area (Å²) in [4.78, 5) is 12.4. The van der Waals surface area contributed by atoms with E-state index in [0.717, 1.165) is 26.9 Å². The Morgan fingerprint density at radius 1 is 1.40 bits per heavy atom. The average Bonchev–Trinajstić information content (AvgIpc) is 2.69. The maximum atomic E-state index is 12.4. The summed E-state index contributed by atoms with van der Waals surface area (Å²) in [5.41, 5.74) is 2.29.